The Bertz CT molecular complexity index is 251. The molecule has 7 heteroatoms. The summed E-state index contributed by atoms with van der Waals surface area (Å²) in [5.41, 5.74) is 0. The number of nitrogens with one attached hydrogen (secondary N) is 2. The standard InChI is InChI=1S/C13H28N4OS.HI/c1-14-13(15-5-3-4-12-19-2)16-6-7-17-8-10-18-11-9-17;/h3-12H2,1-2H3,(H2,14,15,16);1H. The van der Waals surface area contributed by atoms with Gasteiger partial charge in [-0.2, -0.15) is 11.8 Å². The zero-order chi connectivity index (χ0) is 13.8. The minimum Gasteiger partial charge on any atom is -0.379 e. The Hall–Kier alpha value is 0.270. The zero-order valence-corrected chi connectivity index (χ0v) is 15.8. The summed E-state index contributed by atoms with van der Waals surface area (Å²) in [7, 11) is 1.83. The van der Waals surface area contributed by atoms with E-state index in [1.54, 1.807) is 0 Å². The van der Waals surface area contributed by atoms with Crippen LogP contribution in [0.1, 0.15) is 12.8 Å². The van der Waals surface area contributed by atoms with E-state index in [2.05, 4.69) is 26.8 Å². The highest BCUT2D eigenvalue weighted by Crippen LogP contribution is 1.97. The minimum atomic E-state index is 0. The summed E-state index contributed by atoms with van der Waals surface area (Å²) >= 11 is 1.91. The maximum atomic E-state index is 5.33. The Morgan fingerprint density at radius 1 is 1.20 bits per heavy atom. The Morgan fingerprint density at radius 3 is 2.55 bits per heavy atom. The van der Waals surface area contributed by atoms with Crippen LogP contribution in [0.15, 0.2) is 4.99 Å². The lowest BCUT2D eigenvalue weighted by Gasteiger charge is -2.26. The van der Waals surface area contributed by atoms with Gasteiger partial charge in [0, 0.05) is 39.8 Å². The van der Waals surface area contributed by atoms with Crippen LogP contribution in [0.5, 0.6) is 0 Å². The number of thioether (sulfide) groups is 1. The molecule has 0 unspecified atom stereocenters. The summed E-state index contributed by atoms with van der Waals surface area (Å²) in [6, 6.07) is 0. The number of rotatable bonds is 8. The topological polar surface area (TPSA) is 48.9 Å². The average Bonchev–Trinajstić information content (AvgIpc) is 2.46. The molecule has 0 spiro atoms. The van der Waals surface area contributed by atoms with Crippen LogP contribution in [0, 0.1) is 0 Å². The fourth-order valence-electron chi connectivity index (χ4n) is 1.96. The van der Waals surface area contributed by atoms with E-state index in [0.29, 0.717) is 0 Å². The first-order chi connectivity index (χ1) is 9.36. The van der Waals surface area contributed by atoms with Gasteiger partial charge in [0.25, 0.3) is 0 Å². The van der Waals surface area contributed by atoms with Gasteiger partial charge in [-0.05, 0) is 24.9 Å². The van der Waals surface area contributed by atoms with Crippen molar-refractivity contribution in [3.8, 4) is 0 Å². The fraction of sp³-hybridized carbons (Fsp3) is 0.923. The van der Waals surface area contributed by atoms with Crippen molar-refractivity contribution >= 4 is 41.7 Å². The number of nitrogens with zero attached hydrogens (tertiary/aromatic N) is 2. The molecule has 1 heterocycles. The number of morpholine rings is 1. The summed E-state index contributed by atoms with van der Waals surface area (Å²) in [5.74, 6) is 2.16. The van der Waals surface area contributed by atoms with Gasteiger partial charge in [0.05, 0.1) is 13.2 Å². The van der Waals surface area contributed by atoms with Crippen LogP contribution in [-0.2, 0) is 4.74 Å². The van der Waals surface area contributed by atoms with Crippen molar-refractivity contribution in [3.05, 3.63) is 0 Å². The van der Waals surface area contributed by atoms with Gasteiger partial charge in [-0.3, -0.25) is 9.89 Å². The van der Waals surface area contributed by atoms with Gasteiger partial charge in [0.2, 0.25) is 0 Å². The third-order valence-corrected chi connectivity index (χ3v) is 3.81. The quantitative estimate of drug-likeness (QED) is 0.270. The van der Waals surface area contributed by atoms with Gasteiger partial charge in [-0.25, -0.2) is 0 Å². The van der Waals surface area contributed by atoms with Crippen LogP contribution in [0.2, 0.25) is 0 Å². The molecule has 0 atom stereocenters. The van der Waals surface area contributed by atoms with Crippen LogP contribution >= 0.6 is 35.7 Å². The van der Waals surface area contributed by atoms with Gasteiger partial charge in [-0.1, -0.05) is 0 Å². The van der Waals surface area contributed by atoms with E-state index in [-0.39, 0.29) is 24.0 Å². The molecular weight excluding hydrogens is 387 g/mol. The highest BCUT2D eigenvalue weighted by molar-refractivity contribution is 14.0. The molecule has 20 heavy (non-hydrogen) atoms. The lowest BCUT2D eigenvalue weighted by molar-refractivity contribution is 0.0389. The molecule has 0 saturated carbocycles. The summed E-state index contributed by atoms with van der Waals surface area (Å²) in [5, 5.41) is 6.71. The number of hydrogen-bond donors (Lipinski definition) is 2. The molecule has 0 aliphatic carbocycles. The Labute approximate surface area is 144 Å². The maximum Gasteiger partial charge on any atom is 0.191 e. The van der Waals surface area contributed by atoms with E-state index in [4.69, 9.17) is 4.74 Å². The SMILES string of the molecule is CN=C(NCCCCSC)NCCN1CCOCC1.I. The van der Waals surface area contributed by atoms with Crippen molar-refractivity contribution < 1.29 is 4.74 Å². The third kappa shape index (κ3) is 10.1. The monoisotopic (exact) mass is 416 g/mol. The number of ether oxygens (including phenoxy) is 1. The van der Waals surface area contributed by atoms with Crippen molar-refractivity contribution in [2.45, 2.75) is 12.8 Å². The van der Waals surface area contributed by atoms with Crippen LogP contribution in [-0.4, -0.2) is 75.9 Å². The van der Waals surface area contributed by atoms with Crippen molar-refractivity contribution in [1.29, 1.82) is 0 Å². The Kier molecular flexibility index (Phi) is 14.4. The van der Waals surface area contributed by atoms with E-state index in [9.17, 15) is 0 Å². The summed E-state index contributed by atoms with van der Waals surface area (Å²) < 4.78 is 5.33. The molecule has 1 aliphatic rings. The van der Waals surface area contributed by atoms with Gasteiger partial charge in [0.1, 0.15) is 0 Å². The summed E-state index contributed by atoms with van der Waals surface area (Å²) in [6.45, 7) is 6.80. The zero-order valence-electron chi connectivity index (χ0n) is 12.7. The molecule has 1 saturated heterocycles. The molecular formula is C13H29IN4OS. The number of hydrogen-bond acceptors (Lipinski definition) is 4. The van der Waals surface area contributed by atoms with Crippen molar-refractivity contribution in [3.63, 3.8) is 0 Å². The highest BCUT2D eigenvalue weighted by Gasteiger charge is 2.09. The second-order valence-electron chi connectivity index (χ2n) is 4.58. The van der Waals surface area contributed by atoms with Crippen LogP contribution in [0.4, 0.5) is 0 Å². The molecule has 1 aliphatic heterocycles. The van der Waals surface area contributed by atoms with Crippen LogP contribution in [0.25, 0.3) is 0 Å². The normalized spacial score (nSPS) is 16.6. The van der Waals surface area contributed by atoms with Crippen molar-refractivity contribution in [2.24, 2.45) is 4.99 Å². The van der Waals surface area contributed by atoms with Gasteiger partial charge < -0.3 is 15.4 Å². The number of unbranched alkanes of at least 4 members (excludes halogenated alkanes) is 1. The number of guanidine groups is 1. The van der Waals surface area contributed by atoms with Gasteiger partial charge >= 0.3 is 0 Å². The van der Waals surface area contributed by atoms with Gasteiger partial charge in [-0.15, -0.1) is 24.0 Å². The molecule has 5 nitrogen and oxygen atoms in total. The second-order valence-corrected chi connectivity index (χ2v) is 5.57. The van der Waals surface area contributed by atoms with E-state index in [1.165, 1.54) is 18.6 Å². The molecule has 120 valence electrons. The highest BCUT2D eigenvalue weighted by atomic mass is 127. The molecule has 1 rings (SSSR count). The molecule has 0 radical (unpaired) electrons. The van der Waals surface area contributed by atoms with Crippen molar-refractivity contribution in [2.75, 3.05) is 65.0 Å². The van der Waals surface area contributed by atoms with Crippen LogP contribution in [0.3, 0.4) is 0 Å². The molecule has 0 aromatic carbocycles. The Morgan fingerprint density at radius 2 is 1.90 bits per heavy atom. The van der Waals surface area contributed by atoms with E-state index >= 15 is 0 Å². The predicted molar refractivity (Wildman–Crippen MR) is 99.7 cm³/mol. The largest absolute Gasteiger partial charge is 0.379 e. The lowest BCUT2D eigenvalue weighted by atomic mass is 10.3. The first-order valence-corrected chi connectivity index (χ1v) is 8.49. The smallest absolute Gasteiger partial charge is 0.191 e. The first-order valence-electron chi connectivity index (χ1n) is 7.10. The molecule has 0 bridgehead atoms. The maximum absolute atomic E-state index is 5.33. The molecule has 1 fully saturated rings. The summed E-state index contributed by atoms with van der Waals surface area (Å²) in [6.07, 6.45) is 4.61. The molecule has 2 N–H and O–H groups in total. The summed E-state index contributed by atoms with van der Waals surface area (Å²) in [4.78, 5) is 6.65. The van der Waals surface area contributed by atoms with E-state index in [1.807, 2.05) is 18.8 Å². The van der Waals surface area contributed by atoms with E-state index in [0.717, 1.165) is 51.9 Å². The van der Waals surface area contributed by atoms with E-state index < -0.39 is 0 Å². The number of halogens is 1. The predicted octanol–water partition coefficient (Wildman–Crippen LogP) is 1.24. The molecule has 0 aromatic rings. The molecule has 0 amide bonds. The van der Waals surface area contributed by atoms with Crippen LogP contribution < -0.4 is 10.6 Å². The van der Waals surface area contributed by atoms with Crippen molar-refractivity contribution in [1.82, 2.24) is 15.5 Å². The molecule has 0 aromatic heterocycles. The number of aliphatic imine (C=N–C) groups is 1. The minimum absolute atomic E-state index is 0. The average molecular weight is 416 g/mol. The fourth-order valence-corrected chi connectivity index (χ4v) is 2.45. The first kappa shape index (κ1) is 20.3. The lowest BCUT2D eigenvalue weighted by Crippen LogP contribution is -2.44. The third-order valence-electron chi connectivity index (χ3n) is 3.12. The second kappa shape index (κ2) is 14.2. The van der Waals surface area contributed by atoms with Gasteiger partial charge in [0.15, 0.2) is 5.96 Å². The Balaban J connectivity index is 0.00000361.